The van der Waals surface area contributed by atoms with Gasteiger partial charge in [-0.15, -0.1) is 11.6 Å². The average molecular weight is 651 g/mol. The lowest BCUT2D eigenvalue weighted by Crippen LogP contribution is -2.40. The molecule has 0 aromatic carbocycles. The lowest BCUT2D eigenvalue weighted by Gasteiger charge is -2.45. The van der Waals surface area contributed by atoms with Gasteiger partial charge in [0.25, 0.3) is 0 Å². The second kappa shape index (κ2) is 24.3. The van der Waals surface area contributed by atoms with Gasteiger partial charge in [0.1, 0.15) is 0 Å². The Morgan fingerprint density at radius 3 is 1.87 bits per heavy atom. The first-order chi connectivity index (χ1) is 21.8. The molecular formula is C40H71ClO4. The van der Waals surface area contributed by atoms with E-state index < -0.39 is 12.1 Å². The fourth-order valence-electron chi connectivity index (χ4n) is 7.83. The lowest BCUT2D eigenvalue weighted by atomic mass is 9.63. The highest BCUT2D eigenvalue weighted by atomic mass is 35.5. The number of hydrogen-bond acceptors (Lipinski definition) is 3. The van der Waals surface area contributed by atoms with Crippen LogP contribution in [0.3, 0.4) is 0 Å². The molecule has 2 aliphatic rings. The first-order valence-electron chi connectivity index (χ1n) is 19.4. The molecule has 262 valence electrons. The van der Waals surface area contributed by atoms with Crippen LogP contribution in [0, 0.1) is 23.2 Å². The molecule has 2 aliphatic carbocycles. The quantitative estimate of drug-likeness (QED) is 0.0447. The molecule has 0 aromatic heterocycles. The van der Waals surface area contributed by atoms with Gasteiger partial charge in [-0.1, -0.05) is 147 Å². The smallest absolute Gasteiger partial charge is 0.306 e. The molecule has 3 N–H and O–H groups in total. The van der Waals surface area contributed by atoms with Gasteiger partial charge < -0.3 is 15.3 Å². The molecule has 6 atom stereocenters. The van der Waals surface area contributed by atoms with Crippen molar-refractivity contribution in [3.8, 4) is 0 Å². The van der Waals surface area contributed by atoms with Crippen molar-refractivity contribution < 1.29 is 20.1 Å². The number of carboxylic acids is 1. The summed E-state index contributed by atoms with van der Waals surface area (Å²) in [6, 6.07) is 0. The highest BCUT2D eigenvalue weighted by Crippen LogP contribution is 2.48. The second-order valence-electron chi connectivity index (χ2n) is 14.7. The summed E-state index contributed by atoms with van der Waals surface area (Å²) in [7, 11) is 0. The predicted molar refractivity (Wildman–Crippen MR) is 192 cm³/mol. The second-order valence-corrected chi connectivity index (χ2v) is 15.3. The van der Waals surface area contributed by atoms with Crippen LogP contribution >= 0.6 is 11.6 Å². The Labute approximate surface area is 282 Å². The maximum Gasteiger partial charge on any atom is 0.306 e. The van der Waals surface area contributed by atoms with Crippen LogP contribution in [0.25, 0.3) is 0 Å². The van der Waals surface area contributed by atoms with E-state index in [1.807, 2.05) is 0 Å². The molecule has 0 aliphatic heterocycles. The monoisotopic (exact) mass is 651 g/mol. The minimum absolute atomic E-state index is 0.00462. The molecule has 0 spiro atoms. The number of unbranched alkanes of at least 4 members (excludes halogenated alkanes) is 15. The van der Waals surface area contributed by atoms with E-state index in [0.29, 0.717) is 19.3 Å². The van der Waals surface area contributed by atoms with Crippen LogP contribution in [0.15, 0.2) is 24.3 Å². The van der Waals surface area contributed by atoms with Crippen molar-refractivity contribution in [2.24, 2.45) is 23.2 Å². The van der Waals surface area contributed by atoms with Crippen LogP contribution in [0.2, 0.25) is 0 Å². The fourth-order valence-corrected chi connectivity index (χ4v) is 8.28. The highest BCUT2D eigenvalue weighted by molar-refractivity contribution is 6.21. The molecule has 0 amide bonds. The Kier molecular flexibility index (Phi) is 21.8. The van der Waals surface area contributed by atoms with E-state index in [1.54, 1.807) is 0 Å². The topological polar surface area (TPSA) is 77.8 Å². The van der Waals surface area contributed by atoms with Gasteiger partial charge in [-0.25, -0.2) is 0 Å². The SMILES string of the molecule is CCCCCCCCCCCCCCCCCCC(CCC=CC[C@@H]1[C@@H](C=CC[C@H](O)C2(CC)CCC2)[C@H](O)C[C@H]1Cl)C(=O)O. The number of aliphatic carboxylic acids is 1. The number of halogens is 1. The minimum Gasteiger partial charge on any atom is -0.481 e. The number of rotatable bonds is 28. The molecule has 0 bridgehead atoms. The molecular weight excluding hydrogens is 580 g/mol. The van der Waals surface area contributed by atoms with Gasteiger partial charge in [0.05, 0.1) is 18.1 Å². The van der Waals surface area contributed by atoms with Gasteiger partial charge in [0.2, 0.25) is 0 Å². The molecule has 1 unspecified atom stereocenters. The third-order valence-electron chi connectivity index (χ3n) is 11.4. The Balaban J connectivity index is 1.54. The molecule has 2 saturated carbocycles. The summed E-state index contributed by atoms with van der Waals surface area (Å²) in [6.07, 6.45) is 37.7. The van der Waals surface area contributed by atoms with Crippen molar-refractivity contribution in [3.63, 3.8) is 0 Å². The Morgan fingerprint density at radius 2 is 1.38 bits per heavy atom. The molecule has 2 rings (SSSR count). The predicted octanol–water partition coefficient (Wildman–Crippen LogP) is 11.6. The maximum absolute atomic E-state index is 11.8. The van der Waals surface area contributed by atoms with Gasteiger partial charge >= 0.3 is 5.97 Å². The normalized spacial score (nSPS) is 24.4. The summed E-state index contributed by atoms with van der Waals surface area (Å²) in [5, 5.41) is 31.1. The molecule has 0 heterocycles. The van der Waals surface area contributed by atoms with Crippen molar-refractivity contribution >= 4 is 17.6 Å². The number of carbonyl (C=O) groups is 1. The highest BCUT2D eigenvalue weighted by Gasteiger charge is 2.42. The Morgan fingerprint density at radius 1 is 0.822 bits per heavy atom. The Hall–Kier alpha value is -0.840. The van der Waals surface area contributed by atoms with Gasteiger partial charge in [-0.3, -0.25) is 4.79 Å². The van der Waals surface area contributed by atoms with Gasteiger partial charge in [-0.2, -0.15) is 0 Å². The van der Waals surface area contributed by atoms with E-state index in [1.165, 1.54) is 96.3 Å². The summed E-state index contributed by atoms with van der Waals surface area (Å²) in [4.78, 5) is 11.8. The van der Waals surface area contributed by atoms with Crippen molar-refractivity contribution in [3.05, 3.63) is 24.3 Å². The number of allylic oxidation sites excluding steroid dienone is 2. The molecule has 45 heavy (non-hydrogen) atoms. The third-order valence-corrected chi connectivity index (χ3v) is 11.9. The average Bonchev–Trinajstić information content (AvgIpc) is 3.26. The molecule has 0 radical (unpaired) electrons. The fraction of sp³-hybridized carbons (Fsp3) is 0.875. The first-order valence-corrected chi connectivity index (χ1v) is 19.8. The van der Waals surface area contributed by atoms with Gasteiger partial charge in [-0.05, 0) is 69.1 Å². The molecule has 0 saturated heterocycles. The number of carboxylic acid groups (broad SMARTS) is 1. The number of aliphatic hydroxyl groups excluding tert-OH is 2. The van der Waals surface area contributed by atoms with Crippen LogP contribution < -0.4 is 0 Å². The molecule has 5 heteroatoms. The number of hydrogen-bond donors (Lipinski definition) is 3. The van der Waals surface area contributed by atoms with Gasteiger partial charge in [0, 0.05) is 11.3 Å². The van der Waals surface area contributed by atoms with E-state index in [0.717, 1.165) is 51.4 Å². The largest absolute Gasteiger partial charge is 0.481 e. The van der Waals surface area contributed by atoms with Crippen molar-refractivity contribution in [1.82, 2.24) is 0 Å². The summed E-state index contributed by atoms with van der Waals surface area (Å²) >= 11 is 6.64. The molecule has 2 fully saturated rings. The van der Waals surface area contributed by atoms with Crippen molar-refractivity contribution in [2.45, 2.75) is 198 Å². The zero-order chi connectivity index (χ0) is 32.8. The first kappa shape index (κ1) is 40.3. The lowest BCUT2D eigenvalue weighted by molar-refractivity contribution is -0.142. The van der Waals surface area contributed by atoms with E-state index in [4.69, 9.17) is 11.6 Å². The van der Waals surface area contributed by atoms with E-state index in [-0.39, 0.29) is 34.6 Å². The molecule has 0 aromatic rings. The van der Waals surface area contributed by atoms with E-state index in [9.17, 15) is 20.1 Å². The van der Waals surface area contributed by atoms with Crippen LogP contribution in [0.4, 0.5) is 0 Å². The number of alkyl halides is 1. The van der Waals surface area contributed by atoms with E-state index >= 15 is 0 Å². The summed E-state index contributed by atoms with van der Waals surface area (Å²) < 4.78 is 0. The Bertz CT molecular complexity index is 801. The van der Waals surface area contributed by atoms with Crippen LogP contribution in [-0.4, -0.2) is 38.9 Å². The van der Waals surface area contributed by atoms with Crippen molar-refractivity contribution in [1.29, 1.82) is 0 Å². The third kappa shape index (κ3) is 15.7. The van der Waals surface area contributed by atoms with Gasteiger partial charge in [0.15, 0.2) is 0 Å². The zero-order valence-electron chi connectivity index (χ0n) is 29.3. The molecule has 4 nitrogen and oxygen atoms in total. The van der Waals surface area contributed by atoms with Crippen LogP contribution in [0.5, 0.6) is 0 Å². The zero-order valence-corrected chi connectivity index (χ0v) is 30.0. The summed E-state index contributed by atoms with van der Waals surface area (Å²) in [6.45, 7) is 4.45. The minimum atomic E-state index is -0.664. The van der Waals surface area contributed by atoms with E-state index in [2.05, 4.69) is 38.2 Å². The number of aliphatic hydroxyl groups is 2. The van der Waals surface area contributed by atoms with Crippen LogP contribution in [-0.2, 0) is 4.79 Å². The summed E-state index contributed by atoms with van der Waals surface area (Å²) in [5.41, 5.74) is 0.0928. The van der Waals surface area contributed by atoms with Crippen LogP contribution in [0.1, 0.15) is 181 Å². The standard InChI is InChI=1S/C40H71ClO4/c1-3-5-6-7-8-9-10-11-12-13-14-15-16-17-18-20-25-33(39(44)45)26-21-19-22-27-34-35(37(42)32-36(34)41)28-23-29-38(43)40(4-2)30-24-31-40/h19,22-23,28,33-38,42-43H,3-18,20-21,24-27,29-32H2,1-2H3,(H,44,45)/t33?,34-,35-,36-,37-,38+/m1/s1. The maximum atomic E-state index is 11.8. The summed E-state index contributed by atoms with van der Waals surface area (Å²) in [5.74, 6) is -0.761. The van der Waals surface area contributed by atoms with Crippen molar-refractivity contribution in [2.75, 3.05) is 0 Å².